The monoisotopic (exact) mass is 529 g/mol. The molecule has 3 aromatic carbocycles. The minimum Gasteiger partial charge on any atom is -0.463 e. The van der Waals surface area contributed by atoms with Gasteiger partial charge >= 0.3 is 0 Å². The molecule has 3 aromatic rings. The number of carbonyl (C=O) groups excluding carboxylic acids is 1. The Labute approximate surface area is 217 Å². The summed E-state index contributed by atoms with van der Waals surface area (Å²) in [7, 11) is 0. The zero-order chi connectivity index (χ0) is 25.4. The van der Waals surface area contributed by atoms with Crippen LogP contribution < -0.4 is 5.32 Å². The Morgan fingerprint density at radius 1 is 1.08 bits per heavy atom. The van der Waals surface area contributed by atoms with E-state index in [9.17, 15) is 13.6 Å². The standard InChI is InChI=1S/C27H23Cl2F2N3O2/c28-22-6-3-17(12-24(22)31)25(16-1-2-16)33-26(35)19-10-15(14-34-7-8-36-27(34)32)9-18(11-19)21-5-4-20(30)13-23(21)29/h3-6,9-13,16,25,32H,1-2,7-8,14H2,(H,33,35)/t25-/m0/s1. The van der Waals surface area contributed by atoms with E-state index < -0.39 is 11.6 Å². The number of amides is 1. The van der Waals surface area contributed by atoms with Gasteiger partial charge in [0.05, 0.1) is 22.6 Å². The number of nitrogens with one attached hydrogen (secondary N) is 2. The molecule has 1 aliphatic heterocycles. The number of hydrogen-bond donors (Lipinski definition) is 2. The normalized spacial score (nSPS) is 16.1. The molecule has 2 N–H and O–H groups in total. The molecule has 9 heteroatoms. The lowest BCUT2D eigenvalue weighted by Crippen LogP contribution is -2.30. The van der Waals surface area contributed by atoms with Gasteiger partial charge in [-0.05, 0) is 84.0 Å². The third kappa shape index (κ3) is 5.32. The summed E-state index contributed by atoms with van der Waals surface area (Å²) in [5, 5.41) is 11.3. The van der Waals surface area contributed by atoms with Crippen LogP contribution in [-0.2, 0) is 11.3 Å². The van der Waals surface area contributed by atoms with Crippen LogP contribution in [-0.4, -0.2) is 30.0 Å². The molecule has 0 unspecified atom stereocenters. The summed E-state index contributed by atoms with van der Waals surface area (Å²) >= 11 is 12.2. The summed E-state index contributed by atoms with van der Waals surface area (Å²) in [6.07, 6.45) is 1.87. The van der Waals surface area contributed by atoms with Crippen LogP contribution in [0.25, 0.3) is 11.1 Å². The van der Waals surface area contributed by atoms with E-state index in [1.807, 2.05) is 6.07 Å². The van der Waals surface area contributed by atoms with Gasteiger partial charge in [-0.15, -0.1) is 0 Å². The zero-order valence-corrected chi connectivity index (χ0v) is 20.7. The van der Waals surface area contributed by atoms with Crippen LogP contribution >= 0.6 is 23.2 Å². The van der Waals surface area contributed by atoms with Gasteiger partial charge in [-0.1, -0.05) is 29.3 Å². The van der Waals surface area contributed by atoms with Gasteiger partial charge in [0.25, 0.3) is 11.9 Å². The van der Waals surface area contributed by atoms with Crippen LogP contribution in [0.4, 0.5) is 8.78 Å². The molecule has 1 saturated carbocycles. The maximum absolute atomic E-state index is 14.2. The number of hydrogen-bond acceptors (Lipinski definition) is 3. The summed E-state index contributed by atoms with van der Waals surface area (Å²) in [5.41, 5.74) is 3.05. The van der Waals surface area contributed by atoms with Gasteiger partial charge in [-0.2, -0.15) is 0 Å². The fourth-order valence-corrected chi connectivity index (χ4v) is 4.84. The summed E-state index contributed by atoms with van der Waals surface area (Å²) < 4.78 is 33.1. The van der Waals surface area contributed by atoms with Crippen molar-refractivity contribution in [1.82, 2.24) is 10.2 Å². The number of halogens is 4. The molecule has 1 heterocycles. The number of rotatable bonds is 7. The van der Waals surface area contributed by atoms with Gasteiger partial charge in [-0.25, -0.2) is 8.78 Å². The van der Waals surface area contributed by atoms with E-state index >= 15 is 0 Å². The lowest BCUT2D eigenvalue weighted by molar-refractivity contribution is 0.0931. The van der Waals surface area contributed by atoms with E-state index in [0.717, 1.165) is 18.4 Å². The van der Waals surface area contributed by atoms with Crippen LogP contribution in [0.1, 0.15) is 40.4 Å². The SMILES string of the molecule is N=C1OCCN1Cc1cc(C(=O)N[C@H](c2ccc(Cl)c(F)c2)C2CC2)cc(-c2ccc(F)cc2Cl)c1. The smallest absolute Gasteiger partial charge is 0.284 e. The molecule has 0 radical (unpaired) electrons. The third-order valence-electron chi connectivity index (χ3n) is 6.44. The Morgan fingerprint density at radius 2 is 1.89 bits per heavy atom. The van der Waals surface area contributed by atoms with E-state index in [2.05, 4.69) is 5.32 Å². The second-order valence-corrected chi connectivity index (χ2v) is 9.89. The van der Waals surface area contributed by atoms with Gasteiger partial charge in [0, 0.05) is 17.7 Å². The molecule has 0 bridgehead atoms. The van der Waals surface area contributed by atoms with Gasteiger partial charge in [0.2, 0.25) is 0 Å². The highest BCUT2D eigenvalue weighted by molar-refractivity contribution is 6.33. The molecule has 186 valence electrons. The molecule has 5 rings (SSSR count). The molecule has 0 aromatic heterocycles. The molecular formula is C27H23Cl2F2N3O2. The van der Waals surface area contributed by atoms with Crippen molar-refractivity contribution in [3.63, 3.8) is 0 Å². The Kier molecular flexibility index (Phi) is 6.86. The first-order chi connectivity index (χ1) is 17.3. The number of benzene rings is 3. The third-order valence-corrected chi connectivity index (χ3v) is 7.06. The minimum absolute atomic E-state index is 0.0320. The molecule has 1 saturated heterocycles. The van der Waals surface area contributed by atoms with Crippen molar-refractivity contribution in [2.75, 3.05) is 13.2 Å². The topological polar surface area (TPSA) is 65.4 Å². The van der Waals surface area contributed by atoms with Crippen molar-refractivity contribution < 1.29 is 18.3 Å². The molecular weight excluding hydrogens is 507 g/mol. The first kappa shape index (κ1) is 24.5. The van der Waals surface area contributed by atoms with E-state index in [0.29, 0.717) is 42.0 Å². The predicted octanol–water partition coefficient (Wildman–Crippen LogP) is 6.59. The molecule has 0 spiro atoms. The van der Waals surface area contributed by atoms with Crippen molar-refractivity contribution in [3.8, 4) is 11.1 Å². The van der Waals surface area contributed by atoms with Crippen molar-refractivity contribution >= 4 is 35.1 Å². The van der Waals surface area contributed by atoms with Crippen LogP contribution in [0.5, 0.6) is 0 Å². The molecule has 2 fully saturated rings. The van der Waals surface area contributed by atoms with E-state index in [-0.39, 0.29) is 33.9 Å². The second kappa shape index (κ2) is 10.1. The molecule has 5 nitrogen and oxygen atoms in total. The van der Waals surface area contributed by atoms with Crippen LogP contribution in [0.2, 0.25) is 10.0 Å². The number of amidine groups is 1. The van der Waals surface area contributed by atoms with Crippen LogP contribution in [0, 0.1) is 23.0 Å². The predicted molar refractivity (Wildman–Crippen MR) is 135 cm³/mol. The average molecular weight is 530 g/mol. The summed E-state index contributed by atoms with van der Waals surface area (Å²) in [6, 6.07) is 13.8. The minimum atomic E-state index is -0.528. The molecule has 2 aliphatic rings. The van der Waals surface area contributed by atoms with Crippen molar-refractivity contribution in [3.05, 3.63) is 93.0 Å². The Bertz CT molecular complexity index is 1350. The first-order valence-electron chi connectivity index (χ1n) is 11.6. The van der Waals surface area contributed by atoms with Gasteiger partial charge in [-0.3, -0.25) is 10.2 Å². The second-order valence-electron chi connectivity index (χ2n) is 9.08. The fourth-order valence-electron chi connectivity index (χ4n) is 4.44. The first-order valence-corrected chi connectivity index (χ1v) is 12.4. The summed E-state index contributed by atoms with van der Waals surface area (Å²) in [5.74, 6) is -1.09. The number of carbonyl (C=O) groups is 1. The maximum atomic E-state index is 14.2. The maximum Gasteiger partial charge on any atom is 0.284 e. The molecule has 1 atom stereocenters. The highest BCUT2D eigenvalue weighted by atomic mass is 35.5. The van der Waals surface area contributed by atoms with Gasteiger partial charge in [0.15, 0.2) is 0 Å². The quantitative estimate of drug-likeness (QED) is 0.363. The molecule has 1 amide bonds. The van der Waals surface area contributed by atoms with Crippen LogP contribution in [0.15, 0.2) is 54.6 Å². The average Bonchev–Trinajstić information content (AvgIpc) is 3.61. The zero-order valence-electron chi connectivity index (χ0n) is 19.2. The van der Waals surface area contributed by atoms with Crippen molar-refractivity contribution in [1.29, 1.82) is 5.41 Å². The van der Waals surface area contributed by atoms with E-state index in [1.165, 1.54) is 24.3 Å². The summed E-state index contributed by atoms with van der Waals surface area (Å²) in [6.45, 7) is 1.35. The van der Waals surface area contributed by atoms with Crippen LogP contribution in [0.3, 0.4) is 0 Å². The Balaban J connectivity index is 1.49. The van der Waals surface area contributed by atoms with Gasteiger partial charge in [0.1, 0.15) is 18.2 Å². The molecule has 1 aliphatic carbocycles. The largest absolute Gasteiger partial charge is 0.463 e. The van der Waals surface area contributed by atoms with Gasteiger partial charge < -0.3 is 15.0 Å². The Morgan fingerprint density at radius 3 is 2.56 bits per heavy atom. The number of nitrogens with zero attached hydrogens (tertiary/aromatic N) is 1. The van der Waals surface area contributed by atoms with E-state index in [4.69, 9.17) is 33.3 Å². The lowest BCUT2D eigenvalue weighted by atomic mass is 9.97. The lowest BCUT2D eigenvalue weighted by Gasteiger charge is -2.21. The van der Waals surface area contributed by atoms with Crippen molar-refractivity contribution in [2.45, 2.75) is 25.4 Å². The highest BCUT2D eigenvalue weighted by Gasteiger charge is 2.34. The van der Waals surface area contributed by atoms with Crippen molar-refractivity contribution in [2.24, 2.45) is 5.92 Å². The number of ether oxygens (including phenoxy) is 1. The highest BCUT2D eigenvalue weighted by Crippen LogP contribution is 2.42. The summed E-state index contributed by atoms with van der Waals surface area (Å²) in [4.78, 5) is 15.2. The Hall–Kier alpha value is -3.16. The molecule has 36 heavy (non-hydrogen) atoms. The van der Waals surface area contributed by atoms with E-state index in [1.54, 1.807) is 29.2 Å². The fraction of sp³-hybridized carbons (Fsp3) is 0.259.